The molecule has 2 rings (SSSR count). The largest absolute Gasteiger partial charge is 0.481 e. The van der Waals surface area contributed by atoms with Gasteiger partial charge in [0.2, 0.25) is 0 Å². The first-order chi connectivity index (χ1) is 8.92. The standard InChI is InChI=1S/C12H15N3O4/c1-15-9(16)4-3-8(14-15)11(19)13-12(5-2-6-12)7-10(17)18/h3-4H,2,5-7H2,1H3,(H,13,19)(H,17,18). The highest BCUT2D eigenvalue weighted by Crippen LogP contribution is 2.35. The summed E-state index contributed by atoms with van der Waals surface area (Å²) in [4.78, 5) is 34.0. The van der Waals surface area contributed by atoms with E-state index in [0.717, 1.165) is 11.1 Å². The fourth-order valence-electron chi connectivity index (χ4n) is 2.17. The lowest BCUT2D eigenvalue weighted by atomic mass is 9.74. The Balaban J connectivity index is 2.13. The van der Waals surface area contributed by atoms with Gasteiger partial charge < -0.3 is 10.4 Å². The quantitative estimate of drug-likeness (QED) is 0.792. The van der Waals surface area contributed by atoms with Crippen LogP contribution in [0.25, 0.3) is 0 Å². The van der Waals surface area contributed by atoms with E-state index in [1.54, 1.807) is 0 Å². The van der Waals surface area contributed by atoms with Crippen LogP contribution < -0.4 is 10.9 Å². The van der Waals surface area contributed by atoms with Gasteiger partial charge in [-0.25, -0.2) is 4.68 Å². The molecule has 0 bridgehead atoms. The minimum atomic E-state index is -0.937. The first-order valence-electron chi connectivity index (χ1n) is 6.01. The summed E-state index contributed by atoms with van der Waals surface area (Å²) in [6.45, 7) is 0. The van der Waals surface area contributed by atoms with E-state index < -0.39 is 17.4 Å². The molecule has 0 radical (unpaired) electrons. The lowest BCUT2D eigenvalue weighted by Crippen LogP contribution is -2.55. The van der Waals surface area contributed by atoms with Crippen LogP contribution in [0.15, 0.2) is 16.9 Å². The summed E-state index contributed by atoms with van der Waals surface area (Å²) in [5.74, 6) is -1.38. The number of carboxylic acid groups (broad SMARTS) is 1. The van der Waals surface area contributed by atoms with Crippen molar-refractivity contribution in [2.24, 2.45) is 7.05 Å². The predicted molar refractivity (Wildman–Crippen MR) is 65.8 cm³/mol. The minimum absolute atomic E-state index is 0.0928. The molecule has 1 amide bonds. The molecule has 0 spiro atoms. The van der Waals surface area contributed by atoms with Crippen molar-refractivity contribution in [2.75, 3.05) is 0 Å². The van der Waals surface area contributed by atoms with Gasteiger partial charge in [-0.05, 0) is 25.3 Å². The highest BCUT2D eigenvalue weighted by Gasteiger charge is 2.40. The number of hydrogen-bond donors (Lipinski definition) is 2. The van der Waals surface area contributed by atoms with Crippen molar-refractivity contribution in [2.45, 2.75) is 31.2 Å². The molecule has 19 heavy (non-hydrogen) atoms. The number of amides is 1. The van der Waals surface area contributed by atoms with E-state index in [4.69, 9.17) is 5.11 Å². The highest BCUT2D eigenvalue weighted by atomic mass is 16.4. The van der Waals surface area contributed by atoms with Crippen LogP contribution in [0.4, 0.5) is 0 Å². The topological polar surface area (TPSA) is 101 Å². The number of rotatable bonds is 4. The average molecular weight is 265 g/mol. The van der Waals surface area contributed by atoms with Crippen molar-refractivity contribution < 1.29 is 14.7 Å². The number of carbonyl (C=O) groups excluding carboxylic acids is 1. The second-order valence-corrected chi connectivity index (χ2v) is 4.84. The molecule has 7 heteroatoms. The number of hydrogen-bond acceptors (Lipinski definition) is 4. The van der Waals surface area contributed by atoms with Gasteiger partial charge in [-0.3, -0.25) is 14.4 Å². The summed E-state index contributed by atoms with van der Waals surface area (Å²) in [6, 6.07) is 2.59. The number of carboxylic acids is 1. The number of nitrogens with zero attached hydrogens (tertiary/aromatic N) is 2. The number of carbonyl (C=O) groups is 2. The Morgan fingerprint density at radius 1 is 1.47 bits per heavy atom. The van der Waals surface area contributed by atoms with Crippen molar-refractivity contribution in [3.8, 4) is 0 Å². The summed E-state index contributed by atoms with van der Waals surface area (Å²) in [5, 5.41) is 15.4. The molecule has 0 aliphatic heterocycles. The first kappa shape index (κ1) is 13.3. The molecule has 1 fully saturated rings. The van der Waals surface area contributed by atoms with Crippen LogP contribution in [0, 0.1) is 0 Å². The summed E-state index contributed by atoms with van der Waals surface area (Å²) >= 11 is 0. The Bertz CT molecular complexity index is 575. The van der Waals surface area contributed by atoms with Crippen LogP contribution in [-0.2, 0) is 11.8 Å². The SMILES string of the molecule is Cn1nc(C(=O)NC2(CC(=O)O)CCC2)ccc1=O. The maximum Gasteiger partial charge on any atom is 0.305 e. The van der Waals surface area contributed by atoms with Gasteiger partial charge in [0, 0.05) is 13.1 Å². The third kappa shape index (κ3) is 2.81. The second-order valence-electron chi connectivity index (χ2n) is 4.84. The molecule has 1 aromatic heterocycles. The first-order valence-corrected chi connectivity index (χ1v) is 6.01. The van der Waals surface area contributed by atoms with Crippen molar-refractivity contribution in [3.63, 3.8) is 0 Å². The van der Waals surface area contributed by atoms with Gasteiger partial charge in [-0.15, -0.1) is 0 Å². The van der Waals surface area contributed by atoms with Gasteiger partial charge >= 0.3 is 5.97 Å². The smallest absolute Gasteiger partial charge is 0.305 e. The van der Waals surface area contributed by atoms with E-state index >= 15 is 0 Å². The molecule has 1 aliphatic rings. The zero-order valence-electron chi connectivity index (χ0n) is 10.5. The van der Waals surface area contributed by atoms with Crippen LogP contribution in [0.1, 0.15) is 36.2 Å². The van der Waals surface area contributed by atoms with Crippen molar-refractivity contribution in [1.82, 2.24) is 15.1 Å². The molecular weight excluding hydrogens is 250 g/mol. The van der Waals surface area contributed by atoms with Gasteiger partial charge in [-0.2, -0.15) is 5.10 Å². The van der Waals surface area contributed by atoms with E-state index in [2.05, 4.69) is 10.4 Å². The third-order valence-corrected chi connectivity index (χ3v) is 3.37. The fraction of sp³-hybridized carbons (Fsp3) is 0.500. The molecule has 0 atom stereocenters. The highest BCUT2D eigenvalue weighted by molar-refractivity contribution is 5.93. The Hall–Kier alpha value is -2.18. The molecular formula is C12H15N3O4. The Morgan fingerprint density at radius 3 is 2.63 bits per heavy atom. The van der Waals surface area contributed by atoms with Crippen LogP contribution >= 0.6 is 0 Å². The lowest BCUT2D eigenvalue weighted by molar-refractivity contribution is -0.139. The number of aromatic nitrogens is 2. The zero-order chi connectivity index (χ0) is 14.0. The Kier molecular flexibility index (Phi) is 3.37. The van der Waals surface area contributed by atoms with E-state index in [1.807, 2.05) is 0 Å². The Morgan fingerprint density at radius 2 is 2.16 bits per heavy atom. The number of aliphatic carboxylic acids is 1. The molecule has 7 nitrogen and oxygen atoms in total. The summed E-state index contributed by atoms with van der Waals surface area (Å²) < 4.78 is 1.07. The number of nitrogens with one attached hydrogen (secondary N) is 1. The van der Waals surface area contributed by atoms with Gasteiger partial charge in [0.15, 0.2) is 0 Å². The molecule has 102 valence electrons. The molecule has 1 saturated carbocycles. The van der Waals surface area contributed by atoms with Gasteiger partial charge in [0.25, 0.3) is 11.5 Å². The zero-order valence-corrected chi connectivity index (χ0v) is 10.5. The van der Waals surface area contributed by atoms with Gasteiger partial charge in [0.1, 0.15) is 5.69 Å². The molecule has 1 aliphatic carbocycles. The van der Waals surface area contributed by atoms with E-state index in [0.29, 0.717) is 12.8 Å². The normalized spacial score (nSPS) is 16.5. The molecule has 0 saturated heterocycles. The predicted octanol–water partition coefficient (Wildman–Crippen LogP) is -0.0925. The lowest BCUT2D eigenvalue weighted by Gasteiger charge is -2.41. The van der Waals surface area contributed by atoms with Crippen LogP contribution in [0.3, 0.4) is 0 Å². The maximum atomic E-state index is 12.0. The van der Waals surface area contributed by atoms with Crippen molar-refractivity contribution in [3.05, 3.63) is 28.2 Å². The van der Waals surface area contributed by atoms with Crippen molar-refractivity contribution in [1.29, 1.82) is 0 Å². The Labute approximate surface area is 109 Å². The van der Waals surface area contributed by atoms with Gasteiger partial charge in [-0.1, -0.05) is 0 Å². The van der Waals surface area contributed by atoms with E-state index in [-0.39, 0.29) is 17.7 Å². The number of aryl methyl sites for hydroxylation is 1. The fourth-order valence-corrected chi connectivity index (χ4v) is 2.17. The van der Waals surface area contributed by atoms with E-state index in [9.17, 15) is 14.4 Å². The molecule has 2 N–H and O–H groups in total. The molecule has 1 aromatic rings. The van der Waals surface area contributed by atoms with Crippen LogP contribution in [0.5, 0.6) is 0 Å². The minimum Gasteiger partial charge on any atom is -0.481 e. The molecule has 0 aromatic carbocycles. The maximum absolute atomic E-state index is 12.0. The van der Waals surface area contributed by atoms with E-state index in [1.165, 1.54) is 19.2 Å². The monoisotopic (exact) mass is 265 g/mol. The molecule has 1 heterocycles. The second kappa shape index (κ2) is 4.83. The summed E-state index contributed by atoms with van der Waals surface area (Å²) in [7, 11) is 1.45. The van der Waals surface area contributed by atoms with Crippen LogP contribution in [0.2, 0.25) is 0 Å². The van der Waals surface area contributed by atoms with Crippen molar-refractivity contribution >= 4 is 11.9 Å². The summed E-state index contributed by atoms with van der Waals surface area (Å²) in [5.41, 5.74) is -0.863. The third-order valence-electron chi connectivity index (χ3n) is 3.37. The molecule has 0 unspecified atom stereocenters. The van der Waals surface area contributed by atoms with Gasteiger partial charge in [0.05, 0.1) is 12.0 Å². The van der Waals surface area contributed by atoms with Crippen LogP contribution in [-0.4, -0.2) is 32.3 Å². The average Bonchev–Trinajstić information content (AvgIpc) is 2.29. The summed E-state index contributed by atoms with van der Waals surface area (Å²) in [6.07, 6.45) is 2.10.